The summed E-state index contributed by atoms with van der Waals surface area (Å²) in [5, 5.41) is 31.6. The molecule has 274 valence electrons. The summed E-state index contributed by atoms with van der Waals surface area (Å²) >= 11 is 0. The van der Waals surface area contributed by atoms with Gasteiger partial charge < -0.3 is 36.3 Å². The predicted molar refractivity (Wildman–Crippen MR) is 200 cm³/mol. The van der Waals surface area contributed by atoms with Crippen LogP contribution in [-0.2, 0) is 32.0 Å². The number of aromatic amines is 2. The first-order chi connectivity index (χ1) is 24.8. The highest BCUT2D eigenvalue weighted by atomic mass is 16.4. The lowest BCUT2D eigenvalue weighted by Crippen LogP contribution is -2.26. The number of carbonyl (C=O) groups is 4. The van der Waals surface area contributed by atoms with E-state index < -0.39 is 17.9 Å². The number of aliphatic carboxylic acids is 3. The summed E-state index contributed by atoms with van der Waals surface area (Å²) in [6, 6.07) is 7.59. The summed E-state index contributed by atoms with van der Waals surface area (Å²) in [5.41, 5.74) is 17.7. The molecule has 5 rings (SSSR count). The summed E-state index contributed by atoms with van der Waals surface area (Å²) in [7, 11) is 0. The minimum atomic E-state index is -0.936. The molecule has 0 aromatic carbocycles. The molecule has 2 aliphatic heterocycles. The lowest BCUT2D eigenvalue weighted by atomic mass is 9.98. The number of amides is 1. The number of aromatic nitrogens is 4. The number of carboxylic acid groups (broad SMARTS) is 3. The lowest BCUT2D eigenvalue weighted by molar-refractivity contribution is -0.137. The zero-order valence-electron chi connectivity index (χ0n) is 30.0. The molecule has 0 radical (unpaired) electrons. The summed E-state index contributed by atoms with van der Waals surface area (Å²) in [5.74, 6) is -2.87. The van der Waals surface area contributed by atoms with E-state index >= 15 is 0 Å². The molecule has 1 amide bonds. The quantitative estimate of drug-likeness (QED) is 0.0920. The Hall–Kier alpha value is -5.56. The van der Waals surface area contributed by atoms with Gasteiger partial charge in [0.15, 0.2) is 0 Å². The van der Waals surface area contributed by atoms with E-state index in [0.29, 0.717) is 54.2 Å². The number of allylic oxidation sites excluding steroid dienone is 4. The van der Waals surface area contributed by atoms with Crippen molar-refractivity contribution in [3.8, 4) is 0 Å². The predicted octanol–water partition coefficient (Wildman–Crippen LogP) is 5.94. The number of carboxylic acids is 3. The molecular formula is C39H46N6O7. The van der Waals surface area contributed by atoms with Gasteiger partial charge in [-0.05, 0) is 135 Å². The SMILES string of the molecule is CC1=C(CCC(=O)O)c2cc3nc(cc4[nH]c(cc5[nH]c(cc1n2)c(CCC(=O)O)c5C)c(CCC(=O)NCCCN)c4C)C(CCC(=O)O)=C3C. The Balaban J connectivity index is 1.83. The molecule has 0 fully saturated rings. The standard InChI is InChI=1S/C39H46N6O7/c1-20-24(6-10-36(46)41-15-5-14-40)32-16-29-21(2)25(7-11-37(47)48)34(43-29)18-31-23(4)27(9-13-39(51)52)35(45-31)19-30-22(3)26(8-12-38(49)50)33(44-30)17-28(20)42-32/h16-19,42-43H,5-15,40H2,1-4H3,(H,41,46)(H,47,48)(H,49,50)(H,51,52). The van der Waals surface area contributed by atoms with E-state index in [-0.39, 0.29) is 50.9 Å². The highest BCUT2D eigenvalue weighted by Crippen LogP contribution is 2.38. The zero-order valence-corrected chi connectivity index (χ0v) is 30.0. The van der Waals surface area contributed by atoms with E-state index in [9.17, 15) is 34.5 Å². The van der Waals surface area contributed by atoms with Gasteiger partial charge in [0.25, 0.3) is 0 Å². The van der Waals surface area contributed by atoms with Crippen molar-refractivity contribution in [2.75, 3.05) is 13.1 Å². The van der Waals surface area contributed by atoms with Gasteiger partial charge in [-0.25, -0.2) is 9.97 Å². The molecule has 8 bridgehead atoms. The van der Waals surface area contributed by atoms with Crippen molar-refractivity contribution in [3.05, 3.63) is 69.3 Å². The molecule has 0 atom stereocenters. The van der Waals surface area contributed by atoms with E-state index in [2.05, 4.69) is 15.3 Å². The van der Waals surface area contributed by atoms with Crippen molar-refractivity contribution < 1.29 is 34.5 Å². The van der Waals surface area contributed by atoms with E-state index in [1.165, 1.54) is 0 Å². The Labute approximate surface area is 301 Å². The third-order valence-electron chi connectivity index (χ3n) is 9.87. The summed E-state index contributed by atoms with van der Waals surface area (Å²) in [6.07, 6.45) is 1.89. The van der Waals surface area contributed by atoms with Gasteiger partial charge in [0, 0.05) is 54.3 Å². The van der Waals surface area contributed by atoms with Crippen LogP contribution in [0, 0.1) is 13.8 Å². The number of rotatable bonds is 15. The van der Waals surface area contributed by atoms with Gasteiger partial charge in [-0.2, -0.15) is 0 Å². The van der Waals surface area contributed by atoms with Crippen molar-refractivity contribution >= 4 is 68.2 Å². The van der Waals surface area contributed by atoms with Crippen LogP contribution in [0.4, 0.5) is 0 Å². The number of fused-ring (bicyclic) bond motifs is 8. The topological polar surface area (TPSA) is 224 Å². The van der Waals surface area contributed by atoms with Crippen LogP contribution < -0.4 is 11.1 Å². The monoisotopic (exact) mass is 710 g/mol. The second kappa shape index (κ2) is 16.2. The number of nitrogens with two attached hydrogens (primary N) is 1. The molecular weight excluding hydrogens is 664 g/mol. The highest BCUT2D eigenvalue weighted by Gasteiger charge is 2.23. The van der Waals surface area contributed by atoms with E-state index in [1.807, 2.05) is 52.0 Å². The van der Waals surface area contributed by atoms with E-state index in [4.69, 9.17) is 15.7 Å². The van der Waals surface area contributed by atoms with Crippen molar-refractivity contribution in [1.82, 2.24) is 25.3 Å². The van der Waals surface area contributed by atoms with Crippen LogP contribution in [0.2, 0.25) is 0 Å². The Bertz CT molecular complexity index is 2170. The third-order valence-corrected chi connectivity index (χ3v) is 9.87. The maximum Gasteiger partial charge on any atom is 0.303 e. The normalized spacial score (nSPS) is 12.8. The molecule has 3 aromatic heterocycles. The van der Waals surface area contributed by atoms with Crippen LogP contribution >= 0.6 is 0 Å². The number of nitrogens with zero attached hydrogens (tertiary/aromatic N) is 2. The molecule has 13 heteroatoms. The molecule has 0 saturated carbocycles. The van der Waals surface area contributed by atoms with Crippen LogP contribution in [0.15, 0.2) is 24.3 Å². The van der Waals surface area contributed by atoms with Crippen LogP contribution in [0.3, 0.4) is 0 Å². The maximum atomic E-state index is 12.8. The lowest BCUT2D eigenvalue weighted by Gasteiger charge is -2.05. The second-order valence-electron chi connectivity index (χ2n) is 13.3. The Kier molecular flexibility index (Phi) is 11.7. The average molecular weight is 711 g/mol. The molecule has 2 aliphatic rings. The van der Waals surface area contributed by atoms with Gasteiger partial charge >= 0.3 is 17.9 Å². The maximum absolute atomic E-state index is 12.8. The number of hydrogen-bond acceptors (Lipinski definition) is 7. The van der Waals surface area contributed by atoms with Crippen molar-refractivity contribution in [2.45, 2.75) is 85.5 Å². The van der Waals surface area contributed by atoms with Crippen LogP contribution in [0.1, 0.15) is 104 Å². The molecule has 0 aliphatic carbocycles. The van der Waals surface area contributed by atoms with Gasteiger partial charge in [-0.1, -0.05) is 0 Å². The Morgan fingerprint density at radius 1 is 0.615 bits per heavy atom. The van der Waals surface area contributed by atoms with E-state index in [1.54, 1.807) is 0 Å². The number of hydrogen-bond donors (Lipinski definition) is 7. The van der Waals surface area contributed by atoms with Crippen LogP contribution in [-0.4, -0.2) is 72.2 Å². The minimum absolute atomic E-state index is 0.0746. The fourth-order valence-electron chi connectivity index (χ4n) is 6.84. The van der Waals surface area contributed by atoms with Crippen LogP contribution in [0.5, 0.6) is 0 Å². The highest BCUT2D eigenvalue weighted by molar-refractivity contribution is 5.96. The molecule has 5 heterocycles. The summed E-state index contributed by atoms with van der Waals surface area (Å²) < 4.78 is 0. The first-order valence-corrected chi connectivity index (χ1v) is 17.5. The molecule has 0 spiro atoms. The molecule has 3 aromatic rings. The fourth-order valence-corrected chi connectivity index (χ4v) is 6.84. The smallest absolute Gasteiger partial charge is 0.303 e. The van der Waals surface area contributed by atoms with Gasteiger partial charge in [0.05, 0.1) is 22.8 Å². The largest absolute Gasteiger partial charge is 0.481 e. The minimum Gasteiger partial charge on any atom is -0.481 e. The van der Waals surface area contributed by atoms with Gasteiger partial charge in [-0.3, -0.25) is 19.2 Å². The number of carbonyl (C=O) groups excluding carboxylic acids is 1. The number of nitrogens with one attached hydrogen (secondary N) is 3. The van der Waals surface area contributed by atoms with Crippen LogP contribution in [0.25, 0.3) is 44.4 Å². The van der Waals surface area contributed by atoms with Crippen molar-refractivity contribution in [3.63, 3.8) is 0 Å². The molecule has 13 nitrogen and oxygen atoms in total. The van der Waals surface area contributed by atoms with Gasteiger partial charge in [0.1, 0.15) is 0 Å². The Morgan fingerprint density at radius 2 is 1.06 bits per heavy atom. The molecule has 52 heavy (non-hydrogen) atoms. The van der Waals surface area contributed by atoms with Gasteiger partial charge in [0.2, 0.25) is 5.91 Å². The van der Waals surface area contributed by atoms with Crippen molar-refractivity contribution in [1.29, 1.82) is 0 Å². The second-order valence-corrected chi connectivity index (χ2v) is 13.3. The van der Waals surface area contributed by atoms with E-state index in [0.717, 1.165) is 61.1 Å². The summed E-state index contributed by atoms with van der Waals surface area (Å²) in [4.78, 5) is 64.8. The molecule has 0 unspecified atom stereocenters. The summed E-state index contributed by atoms with van der Waals surface area (Å²) in [6.45, 7) is 8.69. The van der Waals surface area contributed by atoms with Crippen molar-refractivity contribution in [2.24, 2.45) is 5.73 Å². The zero-order chi connectivity index (χ0) is 37.7. The average Bonchev–Trinajstić information content (AvgIpc) is 3.74. The first kappa shape index (κ1) is 37.7. The molecule has 8 N–H and O–H groups in total. The number of aryl methyl sites for hydroxylation is 4. The fraction of sp³-hybridized carbons (Fsp3) is 0.385. The molecule has 0 saturated heterocycles. The number of H-pyrrole nitrogens is 2. The Morgan fingerprint density at radius 3 is 1.60 bits per heavy atom. The third kappa shape index (κ3) is 8.48. The van der Waals surface area contributed by atoms with Gasteiger partial charge in [-0.15, -0.1) is 0 Å². The first-order valence-electron chi connectivity index (χ1n) is 17.5.